The summed E-state index contributed by atoms with van der Waals surface area (Å²) in [6, 6.07) is 7.48. The van der Waals surface area contributed by atoms with Crippen molar-refractivity contribution >= 4 is 5.91 Å². The van der Waals surface area contributed by atoms with E-state index in [1.807, 2.05) is 29.2 Å². The van der Waals surface area contributed by atoms with Crippen LogP contribution in [-0.4, -0.2) is 29.4 Å². The van der Waals surface area contributed by atoms with Gasteiger partial charge in [0.05, 0.1) is 7.11 Å². The average molecular weight is 326 g/mol. The Morgan fingerprint density at radius 2 is 2.17 bits per heavy atom. The molecular weight excluding hydrogens is 304 g/mol. The van der Waals surface area contributed by atoms with E-state index in [9.17, 15) is 4.79 Å². The lowest BCUT2D eigenvalue weighted by Crippen LogP contribution is -2.24. The van der Waals surface area contributed by atoms with Gasteiger partial charge in [-0.15, -0.1) is 0 Å². The SMILES string of the molecule is CCCCN1Cc2cc(OCc3cnccc3OC)ccc2C1=O. The number of fused-ring (bicyclic) bond motifs is 1. The van der Waals surface area contributed by atoms with Gasteiger partial charge >= 0.3 is 0 Å². The molecule has 0 fully saturated rings. The molecule has 1 aromatic carbocycles. The molecule has 0 saturated carbocycles. The van der Waals surface area contributed by atoms with E-state index in [1.165, 1.54) is 0 Å². The minimum absolute atomic E-state index is 0.124. The quantitative estimate of drug-likeness (QED) is 0.782. The van der Waals surface area contributed by atoms with Crippen molar-refractivity contribution in [1.29, 1.82) is 0 Å². The van der Waals surface area contributed by atoms with Gasteiger partial charge in [-0.25, -0.2) is 0 Å². The van der Waals surface area contributed by atoms with Crippen molar-refractivity contribution in [2.24, 2.45) is 0 Å². The number of pyridine rings is 1. The molecule has 0 unspecified atom stereocenters. The van der Waals surface area contributed by atoms with Crippen LogP contribution in [0.5, 0.6) is 11.5 Å². The largest absolute Gasteiger partial charge is 0.496 e. The van der Waals surface area contributed by atoms with Crippen LogP contribution < -0.4 is 9.47 Å². The van der Waals surface area contributed by atoms with Crippen molar-refractivity contribution in [2.45, 2.75) is 32.9 Å². The summed E-state index contributed by atoms with van der Waals surface area (Å²) in [4.78, 5) is 18.3. The molecule has 2 aromatic rings. The number of carbonyl (C=O) groups excluding carboxylic acids is 1. The number of hydrogen-bond acceptors (Lipinski definition) is 4. The molecule has 1 aliphatic heterocycles. The predicted octanol–water partition coefficient (Wildman–Crippen LogP) is 3.43. The Balaban J connectivity index is 1.69. The second-order valence-electron chi connectivity index (χ2n) is 5.88. The summed E-state index contributed by atoms with van der Waals surface area (Å²) in [6.45, 7) is 3.99. The summed E-state index contributed by atoms with van der Waals surface area (Å²) in [5, 5.41) is 0. The maximum absolute atomic E-state index is 12.3. The van der Waals surface area contributed by atoms with Gasteiger partial charge < -0.3 is 14.4 Å². The fourth-order valence-corrected chi connectivity index (χ4v) is 2.86. The zero-order valence-electron chi connectivity index (χ0n) is 14.1. The van der Waals surface area contributed by atoms with Gasteiger partial charge in [-0.3, -0.25) is 9.78 Å². The number of carbonyl (C=O) groups is 1. The van der Waals surface area contributed by atoms with Crippen molar-refractivity contribution < 1.29 is 14.3 Å². The first kappa shape index (κ1) is 16.3. The van der Waals surface area contributed by atoms with Crippen LogP contribution >= 0.6 is 0 Å². The van der Waals surface area contributed by atoms with E-state index in [0.29, 0.717) is 13.2 Å². The van der Waals surface area contributed by atoms with E-state index >= 15 is 0 Å². The Morgan fingerprint density at radius 3 is 2.96 bits per heavy atom. The van der Waals surface area contributed by atoms with Crippen molar-refractivity contribution in [1.82, 2.24) is 9.88 Å². The van der Waals surface area contributed by atoms with Gasteiger partial charge in [-0.2, -0.15) is 0 Å². The number of nitrogens with zero attached hydrogens (tertiary/aromatic N) is 2. The van der Waals surface area contributed by atoms with Crippen LogP contribution in [0.3, 0.4) is 0 Å². The monoisotopic (exact) mass is 326 g/mol. The first-order chi connectivity index (χ1) is 11.7. The number of amides is 1. The molecule has 0 atom stereocenters. The third kappa shape index (κ3) is 3.35. The molecule has 1 aliphatic rings. The van der Waals surface area contributed by atoms with Gasteiger partial charge in [-0.1, -0.05) is 13.3 Å². The lowest BCUT2D eigenvalue weighted by Gasteiger charge is -2.14. The molecule has 2 heterocycles. The summed E-state index contributed by atoms with van der Waals surface area (Å²) in [5.41, 5.74) is 2.71. The van der Waals surface area contributed by atoms with Crippen LogP contribution in [0, 0.1) is 0 Å². The molecule has 0 saturated heterocycles. The van der Waals surface area contributed by atoms with Crippen LogP contribution in [0.4, 0.5) is 0 Å². The van der Waals surface area contributed by atoms with E-state index in [0.717, 1.165) is 47.6 Å². The molecule has 0 aliphatic carbocycles. The summed E-state index contributed by atoms with van der Waals surface area (Å²) >= 11 is 0. The molecule has 1 aromatic heterocycles. The lowest BCUT2D eigenvalue weighted by molar-refractivity contribution is 0.0776. The van der Waals surface area contributed by atoms with E-state index in [1.54, 1.807) is 19.5 Å². The van der Waals surface area contributed by atoms with Crippen LogP contribution in [0.2, 0.25) is 0 Å². The Hall–Kier alpha value is -2.56. The standard InChI is InChI=1S/C19H22N2O3/c1-3-4-9-21-12-14-10-16(5-6-17(14)19(21)22)24-13-15-11-20-8-7-18(15)23-2/h5-8,10-11H,3-4,9,12-13H2,1-2H3. The minimum Gasteiger partial charge on any atom is -0.496 e. The van der Waals surface area contributed by atoms with Crippen molar-refractivity contribution in [3.8, 4) is 11.5 Å². The Bertz CT molecular complexity index is 730. The highest BCUT2D eigenvalue weighted by Crippen LogP contribution is 2.28. The van der Waals surface area contributed by atoms with Crippen LogP contribution in [-0.2, 0) is 13.2 Å². The first-order valence-corrected chi connectivity index (χ1v) is 8.24. The third-order valence-electron chi connectivity index (χ3n) is 4.21. The van der Waals surface area contributed by atoms with Gasteiger partial charge in [0, 0.05) is 36.6 Å². The zero-order valence-corrected chi connectivity index (χ0v) is 14.1. The molecule has 0 N–H and O–H groups in total. The maximum atomic E-state index is 12.3. The molecule has 5 nitrogen and oxygen atoms in total. The number of aromatic nitrogens is 1. The Morgan fingerprint density at radius 1 is 1.29 bits per heavy atom. The number of hydrogen-bond donors (Lipinski definition) is 0. The topological polar surface area (TPSA) is 51.7 Å². The highest BCUT2D eigenvalue weighted by atomic mass is 16.5. The fourth-order valence-electron chi connectivity index (χ4n) is 2.86. The van der Waals surface area contributed by atoms with Gasteiger partial charge in [-0.05, 0) is 36.2 Å². The molecule has 0 radical (unpaired) electrons. The molecular formula is C19H22N2O3. The molecule has 126 valence electrons. The summed E-state index contributed by atoms with van der Waals surface area (Å²) in [5.74, 6) is 1.64. The third-order valence-corrected chi connectivity index (χ3v) is 4.21. The molecule has 24 heavy (non-hydrogen) atoms. The normalized spacial score (nSPS) is 13.1. The second-order valence-corrected chi connectivity index (χ2v) is 5.88. The van der Waals surface area contributed by atoms with Gasteiger partial charge in [0.2, 0.25) is 0 Å². The van der Waals surface area contributed by atoms with Gasteiger partial charge in [0.25, 0.3) is 5.91 Å². The number of benzene rings is 1. The number of methoxy groups -OCH3 is 1. The van der Waals surface area contributed by atoms with Crippen LogP contribution in [0.1, 0.15) is 41.3 Å². The molecule has 0 spiro atoms. The molecule has 3 rings (SSSR count). The number of rotatable bonds is 7. The van der Waals surface area contributed by atoms with E-state index in [-0.39, 0.29) is 5.91 Å². The smallest absolute Gasteiger partial charge is 0.254 e. The van der Waals surface area contributed by atoms with Crippen LogP contribution in [0.25, 0.3) is 0 Å². The van der Waals surface area contributed by atoms with Gasteiger partial charge in [0.1, 0.15) is 18.1 Å². The summed E-state index contributed by atoms with van der Waals surface area (Å²) < 4.78 is 11.2. The van der Waals surface area contributed by atoms with Crippen molar-refractivity contribution in [2.75, 3.05) is 13.7 Å². The predicted molar refractivity (Wildman–Crippen MR) is 91.2 cm³/mol. The van der Waals surface area contributed by atoms with Crippen molar-refractivity contribution in [3.63, 3.8) is 0 Å². The van der Waals surface area contributed by atoms with Crippen LogP contribution in [0.15, 0.2) is 36.7 Å². The molecule has 0 bridgehead atoms. The lowest BCUT2D eigenvalue weighted by atomic mass is 10.1. The average Bonchev–Trinajstić information content (AvgIpc) is 2.93. The molecule has 5 heteroatoms. The van der Waals surface area contributed by atoms with Crippen molar-refractivity contribution in [3.05, 3.63) is 53.3 Å². The van der Waals surface area contributed by atoms with E-state index < -0.39 is 0 Å². The van der Waals surface area contributed by atoms with Gasteiger partial charge in [0.15, 0.2) is 0 Å². The highest BCUT2D eigenvalue weighted by Gasteiger charge is 2.26. The highest BCUT2D eigenvalue weighted by molar-refractivity contribution is 5.98. The summed E-state index contributed by atoms with van der Waals surface area (Å²) in [6.07, 6.45) is 5.54. The second kappa shape index (κ2) is 7.34. The summed E-state index contributed by atoms with van der Waals surface area (Å²) in [7, 11) is 1.63. The van der Waals surface area contributed by atoms with E-state index in [2.05, 4.69) is 11.9 Å². The number of ether oxygens (including phenoxy) is 2. The van der Waals surface area contributed by atoms with E-state index in [4.69, 9.17) is 9.47 Å². The Labute approximate surface area is 142 Å². The number of unbranched alkanes of at least 4 members (excludes halogenated alkanes) is 1. The Kier molecular flexibility index (Phi) is 4.99. The maximum Gasteiger partial charge on any atom is 0.254 e. The first-order valence-electron chi connectivity index (χ1n) is 8.24. The molecule has 1 amide bonds. The fraction of sp³-hybridized carbons (Fsp3) is 0.368. The minimum atomic E-state index is 0.124. The zero-order chi connectivity index (χ0) is 16.9.